The lowest BCUT2D eigenvalue weighted by Crippen LogP contribution is -2.38. The summed E-state index contributed by atoms with van der Waals surface area (Å²) in [5.74, 6) is 0.718. The van der Waals surface area contributed by atoms with Crippen LogP contribution in [-0.2, 0) is 4.74 Å². The van der Waals surface area contributed by atoms with Gasteiger partial charge in [0.15, 0.2) is 0 Å². The van der Waals surface area contributed by atoms with Crippen LogP contribution in [0.15, 0.2) is 28.7 Å². The Bertz CT molecular complexity index is 393. The summed E-state index contributed by atoms with van der Waals surface area (Å²) in [5, 5.41) is 3.71. The monoisotopic (exact) mass is 309 g/mol. The van der Waals surface area contributed by atoms with Gasteiger partial charge >= 0.3 is 0 Å². The van der Waals surface area contributed by atoms with Crippen molar-refractivity contribution >= 4 is 15.9 Å². The van der Waals surface area contributed by atoms with Crippen LogP contribution >= 0.6 is 15.9 Å². The summed E-state index contributed by atoms with van der Waals surface area (Å²) in [5.41, 5.74) is 1.27. The normalized spacial score (nSPS) is 32.6. The highest BCUT2D eigenvalue weighted by Gasteiger charge is 2.29. The third-order valence-electron chi connectivity index (χ3n) is 4.21. The Kier molecular flexibility index (Phi) is 4.02. The van der Waals surface area contributed by atoms with Crippen molar-refractivity contribution in [1.29, 1.82) is 0 Å². The quantitative estimate of drug-likeness (QED) is 0.854. The van der Waals surface area contributed by atoms with Crippen molar-refractivity contribution in [2.24, 2.45) is 5.92 Å². The average molecular weight is 310 g/mol. The van der Waals surface area contributed by atoms with E-state index >= 15 is 0 Å². The molecule has 1 aromatic carbocycles. The number of hydrogen-bond acceptors (Lipinski definition) is 2. The zero-order valence-corrected chi connectivity index (χ0v) is 12.2. The van der Waals surface area contributed by atoms with Crippen molar-refractivity contribution in [3.8, 4) is 0 Å². The van der Waals surface area contributed by atoms with E-state index < -0.39 is 0 Å². The van der Waals surface area contributed by atoms with E-state index in [0.717, 1.165) is 23.5 Å². The Morgan fingerprint density at radius 1 is 1.22 bits per heavy atom. The molecule has 1 aliphatic heterocycles. The first-order valence-corrected chi connectivity index (χ1v) is 7.72. The van der Waals surface area contributed by atoms with Crippen molar-refractivity contribution in [3.05, 3.63) is 34.3 Å². The second kappa shape index (κ2) is 5.72. The molecule has 3 heteroatoms. The maximum absolute atomic E-state index is 6.13. The van der Waals surface area contributed by atoms with Crippen molar-refractivity contribution in [3.63, 3.8) is 0 Å². The number of hydrogen-bond donors (Lipinski definition) is 1. The van der Waals surface area contributed by atoms with Crippen LogP contribution in [0.4, 0.5) is 0 Å². The Morgan fingerprint density at radius 2 is 2.11 bits per heavy atom. The largest absolute Gasteiger partial charge is 0.372 e. The van der Waals surface area contributed by atoms with Crippen molar-refractivity contribution in [2.75, 3.05) is 13.2 Å². The Balaban J connectivity index is 1.71. The third kappa shape index (κ3) is 2.79. The van der Waals surface area contributed by atoms with Crippen LogP contribution in [0, 0.1) is 5.92 Å². The van der Waals surface area contributed by atoms with Gasteiger partial charge in [0.05, 0.1) is 12.7 Å². The molecule has 2 nitrogen and oxygen atoms in total. The van der Waals surface area contributed by atoms with Crippen molar-refractivity contribution < 1.29 is 4.74 Å². The second-order valence-electron chi connectivity index (χ2n) is 5.44. The lowest BCUT2D eigenvalue weighted by molar-refractivity contribution is 0.0401. The fourth-order valence-electron chi connectivity index (χ4n) is 3.15. The number of halogens is 1. The SMILES string of the molecule is Brc1cccc(C2CNC3CCCCC3CO2)c1. The number of fused-ring (bicyclic) bond motifs is 1. The molecule has 0 spiro atoms. The molecule has 2 aliphatic rings. The molecule has 3 atom stereocenters. The van der Waals surface area contributed by atoms with Crippen LogP contribution in [0.3, 0.4) is 0 Å². The highest BCUT2D eigenvalue weighted by atomic mass is 79.9. The average Bonchev–Trinajstić information content (AvgIpc) is 2.61. The zero-order valence-electron chi connectivity index (χ0n) is 10.6. The Labute approximate surface area is 117 Å². The minimum atomic E-state index is 0.202. The van der Waals surface area contributed by atoms with Gasteiger partial charge in [-0.3, -0.25) is 0 Å². The molecular weight excluding hydrogens is 290 g/mol. The van der Waals surface area contributed by atoms with Gasteiger partial charge in [0.2, 0.25) is 0 Å². The Hall–Kier alpha value is -0.380. The molecule has 3 rings (SSSR count). The van der Waals surface area contributed by atoms with E-state index in [1.807, 2.05) is 0 Å². The van der Waals surface area contributed by atoms with E-state index in [1.165, 1.54) is 31.2 Å². The zero-order chi connectivity index (χ0) is 12.4. The summed E-state index contributed by atoms with van der Waals surface area (Å²) in [6.07, 6.45) is 5.58. The topological polar surface area (TPSA) is 21.3 Å². The molecule has 1 aromatic rings. The van der Waals surface area contributed by atoms with Crippen molar-refractivity contribution in [2.45, 2.75) is 37.8 Å². The van der Waals surface area contributed by atoms with Gasteiger partial charge in [-0.1, -0.05) is 40.9 Å². The van der Waals surface area contributed by atoms with Gasteiger partial charge in [-0.25, -0.2) is 0 Å². The smallest absolute Gasteiger partial charge is 0.0949 e. The van der Waals surface area contributed by atoms with Gasteiger partial charge in [0, 0.05) is 17.1 Å². The molecule has 98 valence electrons. The molecule has 1 saturated carbocycles. The highest BCUT2D eigenvalue weighted by Crippen LogP contribution is 2.30. The van der Waals surface area contributed by atoms with Gasteiger partial charge in [-0.2, -0.15) is 0 Å². The maximum Gasteiger partial charge on any atom is 0.0949 e. The first kappa shape index (κ1) is 12.6. The molecule has 18 heavy (non-hydrogen) atoms. The van der Waals surface area contributed by atoms with Gasteiger partial charge in [0.1, 0.15) is 0 Å². The van der Waals surface area contributed by atoms with Crippen LogP contribution in [0.5, 0.6) is 0 Å². The molecular formula is C15H20BrNO. The van der Waals surface area contributed by atoms with E-state index in [1.54, 1.807) is 0 Å². The summed E-state index contributed by atoms with van der Waals surface area (Å²) in [7, 11) is 0. The summed E-state index contributed by atoms with van der Waals surface area (Å²) in [6.45, 7) is 1.85. The predicted octanol–water partition coefficient (Wildman–Crippen LogP) is 3.67. The van der Waals surface area contributed by atoms with E-state index in [0.29, 0.717) is 6.04 Å². The van der Waals surface area contributed by atoms with Crippen LogP contribution < -0.4 is 5.32 Å². The molecule has 0 bridgehead atoms. The Morgan fingerprint density at radius 3 is 3.00 bits per heavy atom. The molecule has 1 aliphatic carbocycles. The molecule has 3 unspecified atom stereocenters. The lowest BCUT2D eigenvalue weighted by atomic mass is 9.85. The first-order chi connectivity index (χ1) is 8.83. The predicted molar refractivity (Wildman–Crippen MR) is 76.6 cm³/mol. The summed E-state index contributed by atoms with van der Waals surface area (Å²) < 4.78 is 7.26. The number of rotatable bonds is 1. The molecule has 0 amide bonds. The third-order valence-corrected chi connectivity index (χ3v) is 4.70. The van der Waals surface area contributed by atoms with Crippen LogP contribution in [0.25, 0.3) is 0 Å². The minimum Gasteiger partial charge on any atom is -0.372 e. The van der Waals surface area contributed by atoms with Crippen molar-refractivity contribution in [1.82, 2.24) is 5.32 Å². The summed E-state index contributed by atoms with van der Waals surface area (Å²) >= 11 is 3.53. The molecule has 1 N–H and O–H groups in total. The first-order valence-electron chi connectivity index (χ1n) is 6.93. The molecule has 1 heterocycles. The van der Waals surface area contributed by atoms with E-state index in [2.05, 4.69) is 45.5 Å². The highest BCUT2D eigenvalue weighted by molar-refractivity contribution is 9.10. The van der Waals surface area contributed by atoms with Crippen LogP contribution in [0.1, 0.15) is 37.4 Å². The van der Waals surface area contributed by atoms with Crippen LogP contribution in [0.2, 0.25) is 0 Å². The van der Waals surface area contributed by atoms with Gasteiger partial charge in [-0.15, -0.1) is 0 Å². The maximum atomic E-state index is 6.13. The molecule has 1 saturated heterocycles. The molecule has 2 fully saturated rings. The molecule has 0 aromatic heterocycles. The number of benzene rings is 1. The fraction of sp³-hybridized carbons (Fsp3) is 0.600. The van der Waals surface area contributed by atoms with E-state index in [-0.39, 0.29) is 6.10 Å². The van der Waals surface area contributed by atoms with Gasteiger partial charge in [0.25, 0.3) is 0 Å². The van der Waals surface area contributed by atoms with Crippen LogP contribution in [-0.4, -0.2) is 19.2 Å². The number of ether oxygens (including phenoxy) is 1. The summed E-state index contributed by atoms with van der Waals surface area (Å²) in [4.78, 5) is 0. The molecule has 0 radical (unpaired) electrons. The van der Waals surface area contributed by atoms with Gasteiger partial charge in [-0.05, 0) is 36.5 Å². The number of nitrogens with one attached hydrogen (secondary N) is 1. The van der Waals surface area contributed by atoms with Gasteiger partial charge < -0.3 is 10.1 Å². The van der Waals surface area contributed by atoms with E-state index in [4.69, 9.17) is 4.74 Å². The lowest BCUT2D eigenvalue weighted by Gasteiger charge is -2.29. The second-order valence-corrected chi connectivity index (χ2v) is 6.35. The standard InChI is InChI=1S/C15H20BrNO/c16-13-6-3-5-11(8-13)15-9-17-14-7-2-1-4-12(14)10-18-15/h3,5-6,8,12,14-15,17H,1-2,4,7,9-10H2. The minimum absolute atomic E-state index is 0.202. The summed E-state index contributed by atoms with van der Waals surface area (Å²) in [6, 6.07) is 9.15. The fourth-order valence-corrected chi connectivity index (χ4v) is 3.57. The van der Waals surface area contributed by atoms with E-state index in [9.17, 15) is 0 Å².